The molecule has 9 heteroatoms. The molecule has 1 amide bonds. The first-order valence-electron chi connectivity index (χ1n) is 12.6. The third-order valence-electron chi connectivity index (χ3n) is 6.65. The zero-order valence-corrected chi connectivity index (χ0v) is 23.1. The highest BCUT2D eigenvalue weighted by molar-refractivity contribution is 7.17. The maximum atomic E-state index is 13.8. The Hall–Kier alpha value is -4.24. The van der Waals surface area contributed by atoms with Crippen molar-refractivity contribution in [3.63, 3.8) is 0 Å². The van der Waals surface area contributed by atoms with Gasteiger partial charge in [0.2, 0.25) is 5.78 Å². The van der Waals surface area contributed by atoms with Crippen molar-refractivity contribution in [3.8, 4) is 0 Å². The molecule has 0 radical (unpaired) electrons. The number of aliphatic hydroxyl groups is 1. The van der Waals surface area contributed by atoms with Gasteiger partial charge in [-0.05, 0) is 42.5 Å². The molecule has 0 aliphatic carbocycles. The summed E-state index contributed by atoms with van der Waals surface area (Å²) in [6, 6.07) is 15.3. The average molecular weight is 545 g/mol. The number of hydrogen-bond acceptors (Lipinski definition) is 8. The first-order valence-corrected chi connectivity index (χ1v) is 13.4. The van der Waals surface area contributed by atoms with Crippen molar-refractivity contribution in [2.24, 2.45) is 0 Å². The minimum Gasteiger partial charge on any atom is -0.503 e. The molecule has 1 atom stereocenters. The van der Waals surface area contributed by atoms with E-state index in [1.54, 1.807) is 32.0 Å². The van der Waals surface area contributed by atoms with Crippen LogP contribution in [-0.2, 0) is 14.9 Å². The molecule has 5 rings (SSSR count). The molecule has 2 aromatic heterocycles. The third kappa shape index (κ3) is 4.63. The molecule has 200 valence electrons. The molecular weight excluding hydrogens is 516 g/mol. The van der Waals surface area contributed by atoms with E-state index >= 15 is 0 Å². The topological polar surface area (TPSA) is 110 Å². The van der Waals surface area contributed by atoms with Gasteiger partial charge in [-0.15, -0.1) is 0 Å². The lowest BCUT2D eigenvalue weighted by atomic mass is 9.85. The highest BCUT2D eigenvalue weighted by atomic mass is 32.1. The zero-order valence-electron chi connectivity index (χ0n) is 22.3. The number of carbonyl (C=O) groups excluding carboxylic acids is 3. The molecule has 1 unspecified atom stereocenters. The van der Waals surface area contributed by atoms with E-state index in [0.717, 1.165) is 22.3 Å². The van der Waals surface area contributed by atoms with Crippen molar-refractivity contribution < 1.29 is 28.6 Å². The van der Waals surface area contributed by atoms with Crippen LogP contribution in [0.2, 0.25) is 0 Å². The molecule has 0 spiro atoms. The van der Waals surface area contributed by atoms with Crippen LogP contribution in [0.5, 0.6) is 0 Å². The van der Waals surface area contributed by atoms with Crippen LogP contribution in [-0.4, -0.2) is 34.4 Å². The monoisotopic (exact) mass is 544 g/mol. The van der Waals surface area contributed by atoms with Crippen molar-refractivity contribution in [2.75, 3.05) is 11.5 Å². The molecule has 0 saturated carbocycles. The van der Waals surface area contributed by atoms with Crippen LogP contribution in [0.3, 0.4) is 0 Å². The van der Waals surface area contributed by atoms with Crippen LogP contribution in [0, 0.1) is 6.92 Å². The highest BCUT2D eigenvalue weighted by Crippen LogP contribution is 2.44. The lowest BCUT2D eigenvalue weighted by Gasteiger charge is -2.25. The number of nitrogens with zero attached hydrogens (tertiary/aromatic N) is 2. The number of esters is 1. The van der Waals surface area contributed by atoms with Crippen molar-refractivity contribution in [1.82, 2.24) is 4.98 Å². The predicted molar refractivity (Wildman–Crippen MR) is 148 cm³/mol. The molecular formula is C30H28N2O6S. The number of para-hydroxylation sites is 1. The number of ether oxygens (including phenoxy) is 1. The van der Waals surface area contributed by atoms with Gasteiger partial charge in [0.05, 0.1) is 23.9 Å². The molecule has 0 fully saturated rings. The fourth-order valence-electron chi connectivity index (χ4n) is 4.61. The van der Waals surface area contributed by atoms with Gasteiger partial charge in [0.1, 0.15) is 10.5 Å². The van der Waals surface area contributed by atoms with E-state index in [2.05, 4.69) is 25.8 Å². The molecule has 0 bridgehead atoms. The number of amides is 1. The standard InChI is InChI=1S/C30H28N2O6S/c1-6-37-28(36)26-16(2)31-29(39-26)32-23(17-11-13-19(14-12-17)30(3,4)5)22(25(34)27(32)35)24(33)21-15-18-9-7-8-10-20(18)38-21/h7-15,23,34H,6H2,1-5H3. The third-order valence-corrected chi connectivity index (χ3v) is 7.78. The quantitative estimate of drug-likeness (QED) is 0.219. The predicted octanol–water partition coefficient (Wildman–Crippen LogP) is 6.45. The second-order valence-electron chi connectivity index (χ2n) is 10.3. The summed E-state index contributed by atoms with van der Waals surface area (Å²) in [5.74, 6) is -2.62. The van der Waals surface area contributed by atoms with Crippen LogP contribution in [0.15, 0.2) is 70.3 Å². The van der Waals surface area contributed by atoms with Crippen LogP contribution in [0.4, 0.5) is 5.13 Å². The fraction of sp³-hybridized carbons (Fsp3) is 0.267. The number of hydrogen-bond donors (Lipinski definition) is 1. The number of aliphatic hydroxyl groups excluding tert-OH is 1. The van der Waals surface area contributed by atoms with Gasteiger partial charge in [-0.2, -0.15) is 0 Å². The molecule has 1 aliphatic heterocycles. The summed E-state index contributed by atoms with van der Waals surface area (Å²) in [7, 11) is 0. The number of anilines is 1. The second kappa shape index (κ2) is 9.81. The SMILES string of the molecule is CCOC(=O)c1sc(N2C(=O)C(O)=C(C(=O)c3cc4ccccc4o3)C2c2ccc(C(C)(C)C)cc2)nc1C. The summed E-state index contributed by atoms with van der Waals surface area (Å²) in [6.45, 7) is 9.80. The van der Waals surface area contributed by atoms with Crippen LogP contribution >= 0.6 is 11.3 Å². The summed E-state index contributed by atoms with van der Waals surface area (Å²) in [4.78, 5) is 45.8. The van der Waals surface area contributed by atoms with Gasteiger partial charge in [0.25, 0.3) is 5.91 Å². The number of ketones is 1. The number of aromatic nitrogens is 1. The Bertz CT molecular complexity index is 1600. The van der Waals surface area contributed by atoms with E-state index in [1.807, 2.05) is 36.4 Å². The first kappa shape index (κ1) is 26.4. The van der Waals surface area contributed by atoms with Crippen molar-refractivity contribution in [3.05, 3.63) is 93.4 Å². The summed E-state index contributed by atoms with van der Waals surface area (Å²) in [6.07, 6.45) is 0. The van der Waals surface area contributed by atoms with Crippen molar-refractivity contribution in [1.29, 1.82) is 0 Å². The van der Waals surface area contributed by atoms with Gasteiger partial charge in [-0.1, -0.05) is 74.6 Å². The smallest absolute Gasteiger partial charge is 0.350 e. The number of Topliss-reactive ketones (excluding diaryl/α,β-unsaturated/α-hetero) is 1. The van der Waals surface area contributed by atoms with Gasteiger partial charge in [0, 0.05) is 5.39 Å². The first-order chi connectivity index (χ1) is 18.5. The molecule has 3 heterocycles. The zero-order chi connectivity index (χ0) is 28.1. The molecule has 8 nitrogen and oxygen atoms in total. The number of aryl methyl sites for hydroxylation is 1. The maximum Gasteiger partial charge on any atom is 0.350 e. The second-order valence-corrected chi connectivity index (χ2v) is 11.3. The molecule has 0 saturated heterocycles. The summed E-state index contributed by atoms with van der Waals surface area (Å²) in [5.41, 5.74) is 2.34. The Morgan fingerprint density at radius 1 is 1.13 bits per heavy atom. The highest BCUT2D eigenvalue weighted by Gasteiger charge is 2.47. The van der Waals surface area contributed by atoms with E-state index in [0.29, 0.717) is 16.8 Å². The van der Waals surface area contributed by atoms with E-state index in [9.17, 15) is 19.5 Å². The Kier molecular flexibility index (Phi) is 6.64. The number of fused-ring (bicyclic) bond motifs is 1. The van der Waals surface area contributed by atoms with E-state index in [1.165, 1.54) is 4.90 Å². The number of thiazole rings is 1. The van der Waals surface area contributed by atoms with E-state index in [4.69, 9.17) is 9.15 Å². The Labute approximate surface area is 229 Å². The van der Waals surface area contributed by atoms with Crippen LogP contribution in [0.25, 0.3) is 11.0 Å². The Morgan fingerprint density at radius 2 is 1.82 bits per heavy atom. The molecule has 2 aromatic carbocycles. The van der Waals surface area contributed by atoms with Gasteiger partial charge in [0.15, 0.2) is 16.7 Å². The molecule has 39 heavy (non-hydrogen) atoms. The van der Waals surface area contributed by atoms with E-state index < -0.39 is 29.5 Å². The summed E-state index contributed by atoms with van der Waals surface area (Å²) >= 11 is 0.977. The maximum absolute atomic E-state index is 13.8. The fourth-order valence-corrected chi connectivity index (χ4v) is 5.60. The molecule has 1 aliphatic rings. The Morgan fingerprint density at radius 3 is 2.46 bits per heavy atom. The molecule has 1 N–H and O–H groups in total. The number of furan rings is 1. The Balaban J connectivity index is 1.64. The summed E-state index contributed by atoms with van der Waals surface area (Å²) < 4.78 is 10.9. The van der Waals surface area contributed by atoms with Gasteiger partial charge >= 0.3 is 5.97 Å². The van der Waals surface area contributed by atoms with Crippen molar-refractivity contribution >= 4 is 45.1 Å². The van der Waals surface area contributed by atoms with Gasteiger partial charge in [-0.3, -0.25) is 14.5 Å². The number of rotatable bonds is 6. The van der Waals surface area contributed by atoms with Gasteiger partial charge in [-0.25, -0.2) is 9.78 Å². The normalized spacial score (nSPS) is 15.9. The van der Waals surface area contributed by atoms with E-state index in [-0.39, 0.29) is 33.4 Å². The lowest BCUT2D eigenvalue weighted by Crippen LogP contribution is -2.31. The van der Waals surface area contributed by atoms with Gasteiger partial charge < -0.3 is 14.3 Å². The average Bonchev–Trinajstić information content (AvgIpc) is 3.57. The lowest BCUT2D eigenvalue weighted by molar-refractivity contribution is -0.117. The van der Waals surface area contributed by atoms with Crippen molar-refractivity contribution in [2.45, 2.75) is 46.1 Å². The largest absolute Gasteiger partial charge is 0.503 e. The minimum atomic E-state index is -0.993. The van der Waals surface area contributed by atoms with Crippen LogP contribution < -0.4 is 4.90 Å². The molecule has 4 aromatic rings. The summed E-state index contributed by atoms with van der Waals surface area (Å²) in [5, 5.41) is 12.0. The number of carbonyl (C=O) groups is 3. The number of benzene rings is 2. The minimum absolute atomic E-state index is 0.00578. The van der Waals surface area contributed by atoms with Crippen LogP contribution in [0.1, 0.15) is 70.8 Å².